The summed E-state index contributed by atoms with van der Waals surface area (Å²) in [5.41, 5.74) is 0. The number of carbonyl (C=O) groups is 2. The molecule has 1 saturated heterocycles. The fraction of sp³-hybridized carbons (Fsp3) is 0.500. The molecule has 1 aliphatic rings. The van der Waals surface area contributed by atoms with E-state index in [2.05, 4.69) is 5.32 Å². The molecule has 1 N–H and O–H groups in total. The molecule has 0 radical (unpaired) electrons. The van der Waals surface area contributed by atoms with E-state index in [0.29, 0.717) is 25.3 Å². The molecule has 0 saturated carbocycles. The first-order valence-corrected chi connectivity index (χ1v) is 5.81. The molecule has 1 aromatic rings. The maximum atomic E-state index is 11.9. The first-order valence-electron chi connectivity index (χ1n) is 5.81. The summed E-state index contributed by atoms with van der Waals surface area (Å²) in [5, 5.41) is 2.81. The minimum atomic E-state index is -0.206. The molecule has 5 nitrogen and oxygen atoms in total. The Morgan fingerprint density at radius 3 is 3.12 bits per heavy atom. The number of furan rings is 1. The van der Waals surface area contributed by atoms with Crippen LogP contribution in [-0.4, -0.2) is 42.3 Å². The van der Waals surface area contributed by atoms with E-state index >= 15 is 0 Å². The van der Waals surface area contributed by atoms with Crippen LogP contribution in [0.3, 0.4) is 0 Å². The van der Waals surface area contributed by atoms with E-state index < -0.39 is 0 Å². The third-order valence-corrected chi connectivity index (χ3v) is 2.97. The lowest BCUT2D eigenvalue weighted by Gasteiger charge is -2.33. The highest BCUT2D eigenvalue weighted by molar-refractivity contribution is 5.95. The normalized spacial score (nSPS) is 21.2. The van der Waals surface area contributed by atoms with Gasteiger partial charge in [-0.1, -0.05) is 6.92 Å². The number of hydrogen-bond donors (Lipinski definition) is 1. The Morgan fingerprint density at radius 2 is 2.47 bits per heavy atom. The average Bonchev–Trinajstić information content (AvgIpc) is 2.82. The number of hydrogen-bond acceptors (Lipinski definition) is 4. The van der Waals surface area contributed by atoms with Crippen molar-refractivity contribution in [2.24, 2.45) is 0 Å². The van der Waals surface area contributed by atoms with E-state index in [1.54, 1.807) is 12.1 Å². The lowest BCUT2D eigenvalue weighted by atomic mass is 10.1. The molecule has 92 valence electrons. The Morgan fingerprint density at radius 1 is 1.65 bits per heavy atom. The van der Waals surface area contributed by atoms with Gasteiger partial charge in [-0.25, -0.2) is 0 Å². The van der Waals surface area contributed by atoms with Gasteiger partial charge in [0.05, 0.1) is 18.8 Å². The molecule has 2 rings (SSSR count). The van der Waals surface area contributed by atoms with Crippen molar-refractivity contribution in [3.05, 3.63) is 24.2 Å². The summed E-state index contributed by atoms with van der Waals surface area (Å²) < 4.78 is 5.06. The zero-order chi connectivity index (χ0) is 12.3. The average molecular weight is 236 g/mol. The Kier molecular flexibility index (Phi) is 3.58. The van der Waals surface area contributed by atoms with Crippen LogP contribution in [0.4, 0.5) is 0 Å². The third kappa shape index (κ3) is 2.55. The Labute approximate surface area is 99.8 Å². The van der Waals surface area contributed by atoms with Crippen molar-refractivity contribution in [1.29, 1.82) is 0 Å². The summed E-state index contributed by atoms with van der Waals surface area (Å²) in [6, 6.07) is 3.13. The van der Waals surface area contributed by atoms with Gasteiger partial charge in [0.25, 0.3) is 0 Å². The fourth-order valence-corrected chi connectivity index (χ4v) is 2.09. The highest BCUT2D eigenvalue weighted by Crippen LogP contribution is 2.10. The first kappa shape index (κ1) is 11.9. The number of Topliss-reactive ketones (excluding diaryl/α,β-unsaturated/α-hetero) is 1. The second kappa shape index (κ2) is 5.14. The van der Waals surface area contributed by atoms with E-state index in [1.165, 1.54) is 6.26 Å². The van der Waals surface area contributed by atoms with Crippen LogP contribution in [0, 0.1) is 0 Å². The predicted molar refractivity (Wildman–Crippen MR) is 61.7 cm³/mol. The van der Waals surface area contributed by atoms with E-state index in [9.17, 15) is 9.59 Å². The fourth-order valence-electron chi connectivity index (χ4n) is 2.09. The Balaban J connectivity index is 2.02. The maximum Gasteiger partial charge on any atom is 0.237 e. The van der Waals surface area contributed by atoms with Gasteiger partial charge >= 0.3 is 0 Å². The number of carbonyl (C=O) groups excluding carboxylic acids is 2. The third-order valence-electron chi connectivity index (χ3n) is 2.97. The number of amides is 1. The van der Waals surface area contributed by atoms with Gasteiger partial charge in [-0.05, 0) is 18.6 Å². The van der Waals surface area contributed by atoms with Gasteiger partial charge in [0, 0.05) is 13.1 Å². The molecule has 1 aromatic heterocycles. The van der Waals surface area contributed by atoms with Crippen LogP contribution in [0.25, 0.3) is 0 Å². The molecule has 0 aromatic carbocycles. The number of rotatable bonds is 4. The largest absolute Gasteiger partial charge is 0.461 e. The minimum Gasteiger partial charge on any atom is -0.461 e. The van der Waals surface area contributed by atoms with Gasteiger partial charge in [-0.15, -0.1) is 0 Å². The molecule has 1 aliphatic heterocycles. The van der Waals surface area contributed by atoms with Gasteiger partial charge in [-0.2, -0.15) is 0 Å². The second-order valence-corrected chi connectivity index (χ2v) is 4.09. The smallest absolute Gasteiger partial charge is 0.237 e. The summed E-state index contributed by atoms with van der Waals surface area (Å²) in [7, 11) is 0. The molecule has 0 aliphatic carbocycles. The topological polar surface area (TPSA) is 62.6 Å². The van der Waals surface area contributed by atoms with Gasteiger partial charge in [-0.3, -0.25) is 14.5 Å². The van der Waals surface area contributed by atoms with Gasteiger partial charge in [0.15, 0.2) is 5.76 Å². The highest BCUT2D eigenvalue weighted by atomic mass is 16.3. The molecule has 1 fully saturated rings. The molecule has 1 unspecified atom stereocenters. The van der Waals surface area contributed by atoms with Crippen LogP contribution in [0.5, 0.6) is 0 Å². The maximum absolute atomic E-state index is 11.9. The van der Waals surface area contributed by atoms with Crippen molar-refractivity contribution in [2.45, 2.75) is 19.4 Å². The number of ketones is 1. The monoisotopic (exact) mass is 236 g/mol. The van der Waals surface area contributed by atoms with Crippen molar-refractivity contribution in [1.82, 2.24) is 10.2 Å². The highest BCUT2D eigenvalue weighted by Gasteiger charge is 2.29. The van der Waals surface area contributed by atoms with Gasteiger partial charge in [0.2, 0.25) is 11.7 Å². The molecular weight excluding hydrogens is 220 g/mol. The molecule has 17 heavy (non-hydrogen) atoms. The number of piperazine rings is 1. The van der Waals surface area contributed by atoms with Crippen molar-refractivity contribution in [3.8, 4) is 0 Å². The van der Waals surface area contributed by atoms with Gasteiger partial charge < -0.3 is 9.73 Å². The van der Waals surface area contributed by atoms with Crippen molar-refractivity contribution < 1.29 is 14.0 Å². The van der Waals surface area contributed by atoms with Crippen LogP contribution in [0.2, 0.25) is 0 Å². The van der Waals surface area contributed by atoms with Gasteiger partial charge in [0.1, 0.15) is 0 Å². The van der Waals surface area contributed by atoms with E-state index in [4.69, 9.17) is 4.42 Å². The molecule has 0 spiro atoms. The number of nitrogens with one attached hydrogen (secondary N) is 1. The van der Waals surface area contributed by atoms with Crippen LogP contribution >= 0.6 is 0 Å². The van der Waals surface area contributed by atoms with Crippen LogP contribution in [-0.2, 0) is 4.79 Å². The molecule has 2 heterocycles. The van der Waals surface area contributed by atoms with E-state index in [0.717, 1.165) is 0 Å². The zero-order valence-corrected chi connectivity index (χ0v) is 9.81. The Hall–Kier alpha value is -1.62. The molecule has 5 heteroatoms. The molecule has 0 bridgehead atoms. The summed E-state index contributed by atoms with van der Waals surface area (Å²) in [5.74, 6) is 0.278. The molecule has 1 amide bonds. The van der Waals surface area contributed by atoms with Crippen LogP contribution < -0.4 is 5.32 Å². The second-order valence-electron chi connectivity index (χ2n) is 4.09. The molecule has 1 atom stereocenters. The van der Waals surface area contributed by atoms with Crippen molar-refractivity contribution in [2.75, 3.05) is 19.6 Å². The quantitative estimate of drug-likeness (QED) is 0.781. The number of nitrogens with zero attached hydrogens (tertiary/aromatic N) is 1. The Bertz CT molecular complexity index is 400. The summed E-state index contributed by atoms with van der Waals surface area (Å²) in [6.45, 7) is 3.48. The summed E-state index contributed by atoms with van der Waals surface area (Å²) in [4.78, 5) is 25.4. The summed E-state index contributed by atoms with van der Waals surface area (Å²) in [6.07, 6.45) is 2.19. The lowest BCUT2D eigenvalue weighted by Crippen LogP contribution is -2.56. The lowest BCUT2D eigenvalue weighted by molar-refractivity contribution is -0.128. The van der Waals surface area contributed by atoms with E-state index in [-0.39, 0.29) is 24.3 Å². The first-order chi connectivity index (χ1) is 8.22. The van der Waals surface area contributed by atoms with Crippen molar-refractivity contribution >= 4 is 11.7 Å². The molecular formula is C12H16N2O3. The standard InChI is InChI=1S/C12H16N2O3/c1-2-9-12(16)13-5-6-14(9)8-10(15)11-4-3-7-17-11/h3-4,7,9H,2,5-6,8H2,1H3,(H,13,16). The SMILES string of the molecule is CCC1C(=O)NCCN1CC(=O)c1ccco1. The van der Waals surface area contributed by atoms with Crippen LogP contribution in [0.1, 0.15) is 23.9 Å². The summed E-state index contributed by atoms with van der Waals surface area (Å²) >= 11 is 0. The van der Waals surface area contributed by atoms with Crippen molar-refractivity contribution in [3.63, 3.8) is 0 Å². The minimum absolute atomic E-state index is 0.00555. The zero-order valence-electron chi connectivity index (χ0n) is 9.81. The van der Waals surface area contributed by atoms with E-state index in [1.807, 2.05) is 11.8 Å². The predicted octanol–water partition coefficient (Wildman–Crippen LogP) is 0.673. The van der Waals surface area contributed by atoms with Crippen LogP contribution in [0.15, 0.2) is 22.8 Å².